The molecule has 5 aromatic rings. The van der Waals surface area contributed by atoms with Crippen LogP contribution in [0.3, 0.4) is 0 Å². The first-order valence-electron chi connectivity index (χ1n) is 12.7. The Labute approximate surface area is 250 Å². The van der Waals surface area contributed by atoms with Crippen LogP contribution in [0.5, 0.6) is 5.75 Å². The number of ether oxygens (including phenoxy) is 2. The molecule has 10 heteroatoms. The lowest BCUT2D eigenvalue weighted by Gasteiger charge is -2.10. The monoisotopic (exact) mass is 610 g/mol. The molecule has 0 N–H and O–H groups in total. The minimum Gasteiger partial charge on any atom is -0.465 e. The number of esters is 1. The number of alkyl halides is 3. The molecule has 0 aliphatic carbocycles. The summed E-state index contributed by atoms with van der Waals surface area (Å²) in [5, 5.41) is 1.01. The fraction of sp³-hybridized carbons (Fsp3) is 0.125. The molecule has 0 saturated heterocycles. The van der Waals surface area contributed by atoms with E-state index in [4.69, 9.17) is 32.9 Å². The second-order valence-electron chi connectivity index (χ2n) is 9.43. The van der Waals surface area contributed by atoms with E-state index < -0.39 is 12.3 Å². The molecule has 0 atom stereocenters. The van der Waals surface area contributed by atoms with Crippen LogP contribution in [0.25, 0.3) is 22.4 Å². The molecule has 4 aromatic carbocycles. The van der Waals surface area contributed by atoms with Crippen LogP contribution in [0.1, 0.15) is 27.3 Å². The van der Waals surface area contributed by atoms with Gasteiger partial charge < -0.3 is 14.0 Å². The summed E-state index contributed by atoms with van der Waals surface area (Å²) in [5.41, 5.74) is 5.45. The van der Waals surface area contributed by atoms with Crippen LogP contribution in [0.2, 0.25) is 10.0 Å². The molecule has 0 radical (unpaired) electrons. The average Bonchev–Trinajstić information content (AvgIpc) is 3.34. The number of carbonyl (C=O) groups is 1. The Hall–Kier alpha value is -4.27. The lowest BCUT2D eigenvalue weighted by Crippen LogP contribution is -2.16. The summed E-state index contributed by atoms with van der Waals surface area (Å²) >= 11 is 12.6. The topological polar surface area (TPSA) is 53.4 Å². The fourth-order valence-electron chi connectivity index (χ4n) is 4.47. The largest absolute Gasteiger partial charge is 0.573 e. The molecule has 0 aliphatic heterocycles. The van der Waals surface area contributed by atoms with Crippen molar-refractivity contribution in [2.75, 3.05) is 7.11 Å². The molecular formula is C32H23Cl2F3N2O3. The number of methoxy groups -OCH3 is 1. The summed E-state index contributed by atoms with van der Waals surface area (Å²) < 4.78 is 48.2. The van der Waals surface area contributed by atoms with Crippen molar-refractivity contribution in [1.29, 1.82) is 0 Å². The van der Waals surface area contributed by atoms with E-state index in [2.05, 4.69) is 4.74 Å². The van der Waals surface area contributed by atoms with E-state index in [1.165, 1.54) is 19.2 Å². The third-order valence-electron chi connectivity index (χ3n) is 6.53. The van der Waals surface area contributed by atoms with Gasteiger partial charge in [0.2, 0.25) is 0 Å². The van der Waals surface area contributed by atoms with Gasteiger partial charge in [-0.25, -0.2) is 9.78 Å². The van der Waals surface area contributed by atoms with Gasteiger partial charge in [0.1, 0.15) is 11.6 Å². The van der Waals surface area contributed by atoms with Gasteiger partial charge in [0.15, 0.2) is 0 Å². The molecule has 0 unspecified atom stereocenters. The summed E-state index contributed by atoms with van der Waals surface area (Å²) in [6.07, 6.45) is -2.30. The quantitative estimate of drug-likeness (QED) is 0.165. The first kappa shape index (κ1) is 29.2. The third-order valence-corrected chi connectivity index (χ3v) is 7.08. The van der Waals surface area contributed by atoms with E-state index in [0.29, 0.717) is 34.3 Å². The molecule has 42 heavy (non-hydrogen) atoms. The maximum atomic E-state index is 12.5. The van der Waals surface area contributed by atoms with Crippen molar-refractivity contribution < 1.29 is 27.4 Å². The predicted octanol–water partition coefficient (Wildman–Crippen LogP) is 8.85. The molecule has 0 saturated carbocycles. The SMILES string of the molecule is COC(=O)c1ccc(Cn2cc(-c3ccc(Cl)cc3Cl)nc2Cc2ccc(-c3ccc(OC(F)(F)F)cc3)cc2)cc1. The molecule has 5 rings (SSSR count). The Morgan fingerprint density at radius 3 is 2.07 bits per heavy atom. The van der Waals surface area contributed by atoms with E-state index in [-0.39, 0.29) is 5.75 Å². The molecule has 0 amide bonds. The van der Waals surface area contributed by atoms with Crippen molar-refractivity contribution in [1.82, 2.24) is 9.55 Å². The lowest BCUT2D eigenvalue weighted by molar-refractivity contribution is -0.274. The Balaban J connectivity index is 1.40. The Bertz CT molecular complexity index is 1700. The highest BCUT2D eigenvalue weighted by Crippen LogP contribution is 2.31. The number of halogens is 5. The summed E-state index contributed by atoms with van der Waals surface area (Å²) in [5.74, 6) is 0.110. The molecule has 5 nitrogen and oxygen atoms in total. The number of benzene rings is 4. The van der Waals surface area contributed by atoms with Crippen LogP contribution in [-0.4, -0.2) is 29.0 Å². The normalized spacial score (nSPS) is 11.4. The van der Waals surface area contributed by atoms with Crippen LogP contribution >= 0.6 is 23.2 Å². The molecular weight excluding hydrogens is 588 g/mol. The average molecular weight is 611 g/mol. The van der Waals surface area contributed by atoms with Crippen molar-refractivity contribution in [3.05, 3.63) is 130 Å². The van der Waals surface area contributed by atoms with Gasteiger partial charge in [0.25, 0.3) is 0 Å². The summed E-state index contributed by atoms with van der Waals surface area (Å²) in [6.45, 7) is 0.499. The highest BCUT2D eigenvalue weighted by Gasteiger charge is 2.31. The molecule has 1 aromatic heterocycles. The number of nitrogens with zero attached hydrogens (tertiary/aromatic N) is 2. The molecule has 0 bridgehead atoms. The first-order valence-corrected chi connectivity index (χ1v) is 13.5. The maximum Gasteiger partial charge on any atom is 0.573 e. The van der Waals surface area contributed by atoms with Gasteiger partial charge in [0, 0.05) is 29.7 Å². The fourth-order valence-corrected chi connectivity index (χ4v) is 4.97. The van der Waals surface area contributed by atoms with Gasteiger partial charge in [-0.3, -0.25) is 0 Å². The van der Waals surface area contributed by atoms with E-state index >= 15 is 0 Å². The number of hydrogen-bond donors (Lipinski definition) is 0. The second kappa shape index (κ2) is 12.3. The molecule has 0 fully saturated rings. The van der Waals surface area contributed by atoms with Crippen molar-refractivity contribution in [2.45, 2.75) is 19.3 Å². The third kappa shape index (κ3) is 7.13. The van der Waals surface area contributed by atoms with Gasteiger partial charge in [0.05, 0.1) is 23.4 Å². The Morgan fingerprint density at radius 1 is 0.857 bits per heavy atom. The highest BCUT2D eigenvalue weighted by molar-refractivity contribution is 6.36. The van der Waals surface area contributed by atoms with Crippen LogP contribution in [0.4, 0.5) is 13.2 Å². The molecule has 0 aliphatic rings. The Kier molecular flexibility index (Phi) is 8.56. The van der Waals surface area contributed by atoms with Crippen molar-refractivity contribution in [3.8, 4) is 28.1 Å². The summed E-state index contributed by atoms with van der Waals surface area (Å²) in [6, 6.07) is 25.9. The number of imidazole rings is 1. The first-order chi connectivity index (χ1) is 20.1. The van der Waals surface area contributed by atoms with Crippen LogP contribution < -0.4 is 4.74 Å². The molecule has 214 valence electrons. The standard InChI is InChI=1S/C32H23Cl2F3N2O3/c1-41-31(40)24-8-4-21(5-9-24)18-39-19-29(27-15-12-25(33)17-28(27)34)38-30(39)16-20-2-6-22(7-3-20)23-10-13-26(14-11-23)42-32(35,36)37/h2-15,17,19H,16,18H2,1H3. The van der Waals surface area contributed by atoms with Gasteiger partial charge in [-0.15, -0.1) is 13.2 Å². The van der Waals surface area contributed by atoms with Crippen molar-refractivity contribution in [2.24, 2.45) is 0 Å². The number of rotatable bonds is 8. The van der Waals surface area contributed by atoms with Gasteiger partial charge >= 0.3 is 12.3 Å². The summed E-state index contributed by atoms with van der Waals surface area (Å²) in [4.78, 5) is 16.7. The van der Waals surface area contributed by atoms with Gasteiger partial charge in [-0.05, 0) is 64.7 Å². The van der Waals surface area contributed by atoms with Crippen molar-refractivity contribution >= 4 is 29.2 Å². The zero-order chi connectivity index (χ0) is 29.9. The molecule has 1 heterocycles. The van der Waals surface area contributed by atoms with E-state index in [0.717, 1.165) is 33.6 Å². The summed E-state index contributed by atoms with van der Waals surface area (Å²) in [7, 11) is 1.34. The van der Waals surface area contributed by atoms with E-state index in [9.17, 15) is 18.0 Å². The smallest absolute Gasteiger partial charge is 0.465 e. The zero-order valence-corrected chi connectivity index (χ0v) is 23.7. The molecule has 0 spiro atoms. The minimum absolute atomic E-state index is 0.272. The number of hydrogen-bond acceptors (Lipinski definition) is 4. The number of carbonyl (C=O) groups excluding carboxylic acids is 1. The van der Waals surface area contributed by atoms with Gasteiger partial charge in [-0.2, -0.15) is 0 Å². The highest BCUT2D eigenvalue weighted by atomic mass is 35.5. The minimum atomic E-state index is -4.74. The number of aromatic nitrogens is 2. The second-order valence-corrected chi connectivity index (χ2v) is 10.3. The zero-order valence-electron chi connectivity index (χ0n) is 22.2. The van der Waals surface area contributed by atoms with E-state index in [1.54, 1.807) is 36.4 Å². The predicted molar refractivity (Wildman–Crippen MR) is 156 cm³/mol. The maximum absolute atomic E-state index is 12.5. The van der Waals surface area contributed by atoms with Crippen molar-refractivity contribution in [3.63, 3.8) is 0 Å². The van der Waals surface area contributed by atoms with Crippen LogP contribution in [-0.2, 0) is 17.7 Å². The lowest BCUT2D eigenvalue weighted by atomic mass is 10.0. The Morgan fingerprint density at radius 2 is 1.48 bits per heavy atom. The van der Waals surface area contributed by atoms with Gasteiger partial charge in [-0.1, -0.05) is 71.7 Å². The van der Waals surface area contributed by atoms with E-state index in [1.807, 2.05) is 53.2 Å². The van der Waals surface area contributed by atoms with Crippen LogP contribution in [0, 0.1) is 0 Å². The van der Waals surface area contributed by atoms with Crippen LogP contribution in [0.15, 0.2) is 97.2 Å².